The fourth-order valence-electron chi connectivity index (χ4n) is 2.08. The van der Waals surface area contributed by atoms with E-state index in [-0.39, 0.29) is 19.9 Å². The molecule has 2 aliphatic heterocycles. The topological polar surface area (TPSA) is 100 Å². The molecule has 1 N–H and O–H groups in total. The molecule has 0 saturated carbocycles. The van der Waals surface area contributed by atoms with Gasteiger partial charge < -0.3 is 24.3 Å². The molecule has 3 rings (SSSR count). The zero-order valence-corrected chi connectivity index (χ0v) is 11.5. The molecule has 1 fully saturated rings. The molecule has 1 amide bonds. The van der Waals surface area contributed by atoms with Crippen molar-refractivity contribution in [2.75, 3.05) is 19.9 Å². The Morgan fingerprint density at radius 3 is 2.82 bits per heavy atom. The maximum Gasteiger partial charge on any atom is 0.347 e. The van der Waals surface area contributed by atoms with Crippen molar-refractivity contribution in [2.24, 2.45) is 0 Å². The first-order valence-corrected chi connectivity index (χ1v) is 6.67. The van der Waals surface area contributed by atoms with Crippen molar-refractivity contribution in [3.63, 3.8) is 0 Å². The van der Waals surface area contributed by atoms with Gasteiger partial charge in [0, 0.05) is 12.0 Å². The van der Waals surface area contributed by atoms with Gasteiger partial charge >= 0.3 is 11.9 Å². The second-order valence-electron chi connectivity index (χ2n) is 4.69. The first kappa shape index (κ1) is 14.2. The summed E-state index contributed by atoms with van der Waals surface area (Å²) in [7, 11) is 0. The fraction of sp³-hybridized carbons (Fsp3) is 0.357. The van der Waals surface area contributed by atoms with Gasteiger partial charge in [0.1, 0.15) is 6.54 Å². The minimum Gasteiger partial charge on any atom is -0.463 e. The number of cyclic esters (lactones) is 1. The molecule has 1 atom stereocenters. The summed E-state index contributed by atoms with van der Waals surface area (Å²) in [5.41, 5.74) is 0.331. The molecule has 116 valence electrons. The van der Waals surface area contributed by atoms with Crippen LogP contribution in [-0.4, -0.2) is 43.9 Å². The van der Waals surface area contributed by atoms with Crippen LogP contribution in [0.4, 0.5) is 0 Å². The third kappa shape index (κ3) is 2.95. The maximum absolute atomic E-state index is 11.9. The van der Waals surface area contributed by atoms with Gasteiger partial charge in [-0.15, -0.1) is 0 Å². The number of fused-ring (bicyclic) bond motifs is 1. The monoisotopic (exact) mass is 307 g/mol. The molecule has 2 heterocycles. The van der Waals surface area contributed by atoms with E-state index in [9.17, 15) is 14.4 Å². The molecule has 1 saturated heterocycles. The van der Waals surface area contributed by atoms with Crippen molar-refractivity contribution >= 4 is 17.8 Å². The lowest BCUT2D eigenvalue weighted by atomic mass is 10.2. The molecule has 1 aromatic rings. The van der Waals surface area contributed by atoms with Gasteiger partial charge in [0.05, 0.1) is 6.61 Å². The van der Waals surface area contributed by atoms with Gasteiger partial charge in [-0.25, -0.2) is 4.79 Å². The van der Waals surface area contributed by atoms with E-state index in [1.54, 1.807) is 12.1 Å². The Kier molecular flexibility index (Phi) is 3.82. The molecule has 0 bridgehead atoms. The Bertz CT molecular complexity index is 628. The maximum atomic E-state index is 11.9. The fourth-order valence-corrected chi connectivity index (χ4v) is 2.08. The molecule has 8 nitrogen and oxygen atoms in total. The van der Waals surface area contributed by atoms with E-state index in [2.05, 4.69) is 10.1 Å². The summed E-state index contributed by atoms with van der Waals surface area (Å²) in [6.45, 7) is 0.0155. The van der Waals surface area contributed by atoms with Gasteiger partial charge in [0.2, 0.25) is 12.9 Å². The second kappa shape index (κ2) is 5.92. The molecule has 0 radical (unpaired) electrons. The molecular formula is C14H13NO7. The van der Waals surface area contributed by atoms with Crippen molar-refractivity contribution in [3.05, 3.63) is 23.8 Å². The summed E-state index contributed by atoms with van der Waals surface area (Å²) in [6, 6.07) is 4.70. The highest BCUT2D eigenvalue weighted by Gasteiger charge is 2.30. The number of esters is 2. The highest BCUT2D eigenvalue weighted by molar-refractivity contribution is 5.96. The lowest BCUT2D eigenvalue weighted by Gasteiger charge is -2.09. The van der Waals surface area contributed by atoms with Crippen LogP contribution in [-0.2, 0) is 19.1 Å². The van der Waals surface area contributed by atoms with Crippen LogP contribution in [0.3, 0.4) is 0 Å². The lowest BCUT2D eigenvalue weighted by molar-refractivity contribution is -0.159. The minimum absolute atomic E-state index is 0.115. The van der Waals surface area contributed by atoms with E-state index in [0.29, 0.717) is 23.5 Å². The smallest absolute Gasteiger partial charge is 0.347 e. The van der Waals surface area contributed by atoms with Gasteiger partial charge in [-0.05, 0) is 18.2 Å². The number of benzene rings is 1. The molecule has 8 heteroatoms. The third-order valence-electron chi connectivity index (χ3n) is 3.19. The van der Waals surface area contributed by atoms with E-state index in [0.717, 1.165) is 0 Å². The van der Waals surface area contributed by atoms with Gasteiger partial charge in [-0.3, -0.25) is 9.59 Å². The van der Waals surface area contributed by atoms with E-state index >= 15 is 0 Å². The first-order valence-electron chi connectivity index (χ1n) is 6.67. The zero-order valence-electron chi connectivity index (χ0n) is 11.5. The van der Waals surface area contributed by atoms with Crippen LogP contribution in [0, 0.1) is 0 Å². The van der Waals surface area contributed by atoms with Crippen LogP contribution < -0.4 is 14.8 Å². The van der Waals surface area contributed by atoms with E-state index in [1.807, 2.05) is 0 Å². The Hall–Kier alpha value is -2.77. The molecular weight excluding hydrogens is 294 g/mol. The summed E-state index contributed by atoms with van der Waals surface area (Å²) in [6.07, 6.45) is -0.546. The SMILES string of the molecule is O=C(CNC(=O)c1ccc2c(c1)OCO2)O[C@@H]1CCOC1=O. The standard InChI is InChI=1S/C14H13NO7/c16-12(22-10-3-4-19-14(10)18)6-15-13(17)8-1-2-9-11(5-8)21-7-20-9/h1-2,5,10H,3-4,6-7H2,(H,15,17)/t10-/m1/s1. The number of ether oxygens (including phenoxy) is 4. The summed E-state index contributed by atoms with van der Waals surface area (Å²) >= 11 is 0. The molecule has 0 unspecified atom stereocenters. The number of carbonyl (C=O) groups excluding carboxylic acids is 3. The van der Waals surface area contributed by atoms with Crippen LogP contribution in [0.15, 0.2) is 18.2 Å². The number of carbonyl (C=O) groups is 3. The van der Waals surface area contributed by atoms with Crippen molar-refractivity contribution in [1.29, 1.82) is 0 Å². The van der Waals surface area contributed by atoms with Gasteiger partial charge in [-0.2, -0.15) is 0 Å². The largest absolute Gasteiger partial charge is 0.463 e. The second-order valence-corrected chi connectivity index (χ2v) is 4.69. The van der Waals surface area contributed by atoms with Crippen LogP contribution in [0.25, 0.3) is 0 Å². The molecule has 0 spiro atoms. The van der Waals surface area contributed by atoms with Crippen molar-refractivity contribution in [3.8, 4) is 11.5 Å². The molecule has 0 aliphatic carbocycles. The van der Waals surface area contributed by atoms with Crippen molar-refractivity contribution in [1.82, 2.24) is 5.32 Å². The molecule has 1 aromatic carbocycles. The van der Waals surface area contributed by atoms with Gasteiger partial charge in [-0.1, -0.05) is 0 Å². The van der Waals surface area contributed by atoms with E-state index in [1.165, 1.54) is 6.07 Å². The minimum atomic E-state index is -0.880. The predicted molar refractivity (Wildman–Crippen MR) is 70.4 cm³/mol. The Morgan fingerprint density at radius 2 is 2.05 bits per heavy atom. The molecule has 22 heavy (non-hydrogen) atoms. The predicted octanol–water partition coefficient (Wildman–Crippen LogP) is 0.00380. The summed E-state index contributed by atoms with van der Waals surface area (Å²) in [4.78, 5) is 34.7. The zero-order chi connectivity index (χ0) is 15.5. The number of amides is 1. The van der Waals surface area contributed by atoms with E-state index < -0.39 is 23.9 Å². The van der Waals surface area contributed by atoms with Gasteiger partial charge in [0.25, 0.3) is 5.91 Å². The first-order chi connectivity index (χ1) is 10.6. The summed E-state index contributed by atoms with van der Waals surface area (Å²) < 4.78 is 19.9. The number of rotatable bonds is 4. The highest BCUT2D eigenvalue weighted by atomic mass is 16.7. The van der Waals surface area contributed by atoms with E-state index in [4.69, 9.17) is 14.2 Å². The Balaban J connectivity index is 1.51. The van der Waals surface area contributed by atoms with Crippen LogP contribution >= 0.6 is 0 Å². The number of nitrogens with one attached hydrogen (secondary N) is 1. The third-order valence-corrected chi connectivity index (χ3v) is 3.19. The normalized spacial score (nSPS) is 18.7. The summed E-state index contributed by atoms with van der Waals surface area (Å²) in [5, 5.41) is 2.42. The van der Waals surface area contributed by atoms with Crippen LogP contribution in [0.2, 0.25) is 0 Å². The van der Waals surface area contributed by atoms with Crippen LogP contribution in [0.1, 0.15) is 16.8 Å². The van der Waals surface area contributed by atoms with Crippen LogP contribution in [0.5, 0.6) is 11.5 Å². The molecule has 0 aromatic heterocycles. The molecule has 2 aliphatic rings. The average Bonchev–Trinajstić information content (AvgIpc) is 3.13. The number of hydrogen-bond acceptors (Lipinski definition) is 7. The summed E-state index contributed by atoms with van der Waals surface area (Å²) in [5.74, 6) is -0.669. The number of hydrogen-bond donors (Lipinski definition) is 1. The van der Waals surface area contributed by atoms with Crippen molar-refractivity contribution in [2.45, 2.75) is 12.5 Å². The quantitative estimate of drug-likeness (QED) is 0.782. The van der Waals surface area contributed by atoms with Crippen molar-refractivity contribution < 1.29 is 33.3 Å². The highest BCUT2D eigenvalue weighted by Crippen LogP contribution is 2.32. The van der Waals surface area contributed by atoms with Gasteiger partial charge in [0.15, 0.2) is 11.5 Å². The Labute approximate surface area is 125 Å². The lowest BCUT2D eigenvalue weighted by Crippen LogP contribution is -2.33. The Morgan fingerprint density at radius 1 is 1.23 bits per heavy atom. The average molecular weight is 307 g/mol.